The van der Waals surface area contributed by atoms with Crippen molar-refractivity contribution in [2.75, 3.05) is 32.7 Å². The van der Waals surface area contributed by atoms with Crippen LogP contribution >= 0.6 is 0 Å². The van der Waals surface area contributed by atoms with Gasteiger partial charge in [0.15, 0.2) is 23.3 Å². The maximum atomic E-state index is 14.5. The zero-order valence-electron chi connectivity index (χ0n) is 20.9. The fourth-order valence-electron chi connectivity index (χ4n) is 4.86. The molecule has 1 amide bonds. The molecule has 2 aliphatic heterocycles. The van der Waals surface area contributed by atoms with E-state index < -0.39 is 80.5 Å². The zero-order valence-corrected chi connectivity index (χ0v) is 21.7. The summed E-state index contributed by atoms with van der Waals surface area (Å²) in [6.45, 7) is 4.06. The van der Waals surface area contributed by atoms with Gasteiger partial charge in [-0.05, 0) is 45.1 Å². The molecule has 1 atom stereocenters. The second-order valence-electron chi connectivity index (χ2n) is 10.3. The van der Waals surface area contributed by atoms with Crippen LogP contribution in [0.3, 0.4) is 0 Å². The van der Waals surface area contributed by atoms with E-state index in [9.17, 15) is 40.7 Å². The number of ether oxygens (including phenoxy) is 1. The molecule has 210 valence electrons. The van der Waals surface area contributed by atoms with Crippen molar-refractivity contribution in [1.82, 2.24) is 18.5 Å². The Labute approximate surface area is 216 Å². The molecule has 1 aromatic heterocycles. The number of nitrogens with one attached hydrogen (secondary N) is 1. The van der Waals surface area contributed by atoms with E-state index in [1.165, 1.54) is 6.20 Å². The minimum absolute atomic E-state index is 0.0727. The molecular formula is C23H28F4N4O6S. The second-order valence-corrected chi connectivity index (χ2v) is 12.2. The molecule has 0 aliphatic carbocycles. The fourth-order valence-corrected chi connectivity index (χ4v) is 6.62. The summed E-state index contributed by atoms with van der Waals surface area (Å²) in [5, 5.41) is 9.31. The van der Waals surface area contributed by atoms with Crippen LogP contribution in [0.2, 0.25) is 0 Å². The van der Waals surface area contributed by atoms with Crippen LogP contribution in [-0.2, 0) is 19.7 Å². The Balaban J connectivity index is 1.49. The molecule has 0 saturated carbocycles. The first-order chi connectivity index (χ1) is 17.6. The van der Waals surface area contributed by atoms with Gasteiger partial charge in [-0.2, -0.15) is 17.0 Å². The third kappa shape index (κ3) is 5.06. The second kappa shape index (κ2) is 10.0. The van der Waals surface area contributed by atoms with Gasteiger partial charge in [-0.25, -0.2) is 22.4 Å². The van der Waals surface area contributed by atoms with Gasteiger partial charge in [0, 0.05) is 37.8 Å². The monoisotopic (exact) mass is 564 g/mol. The van der Waals surface area contributed by atoms with Crippen molar-refractivity contribution in [2.45, 2.75) is 51.2 Å². The quantitative estimate of drug-likeness (QED) is 0.334. The number of aliphatic carboxylic acids is 1. The van der Waals surface area contributed by atoms with Gasteiger partial charge in [-0.1, -0.05) is 0 Å². The number of nitrogens with zero attached hydrogens (tertiary/aromatic N) is 3. The molecule has 2 aliphatic rings. The first-order valence-corrected chi connectivity index (χ1v) is 13.3. The van der Waals surface area contributed by atoms with Crippen molar-refractivity contribution < 1.29 is 45.4 Å². The van der Waals surface area contributed by atoms with E-state index in [4.69, 9.17) is 4.74 Å². The molecule has 0 radical (unpaired) electrons. The molecule has 38 heavy (non-hydrogen) atoms. The lowest BCUT2D eigenvalue weighted by Crippen LogP contribution is -2.62. The van der Waals surface area contributed by atoms with Crippen LogP contribution in [0.15, 0.2) is 6.20 Å². The Kier molecular flexibility index (Phi) is 7.40. The number of carboxylic acids is 1. The number of rotatable bonds is 4. The van der Waals surface area contributed by atoms with E-state index in [1.54, 1.807) is 20.8 Å². The summed E-state index contributed by atoms with van der Waals surface area (Å²) in [5.74, 6) is -8.85. The third-order valence-corrected chi connectivity index (χ3v) is 8.76. The van der Waals surface area contributed by atoms with Gasteiger partial charge in [0.2, 0.25) is 0 Å². The molecule has 10 nitrogen and oxygen atoms in total. The van der Waals surface area contributed by atoms with Crippen LogP contribution in [-0.4, -0.2) is 88.4 Å². The van der Waals surface area contributed by atoms with E-state index in [1.807, 2.05) is 0 Å². The Bertz CT molecular complexity index is 1370. The van der Waals surface area contributed by atoms with Crippen LogP contribution in [0, 0.1) is 23.3 Å². The molecule has 2 fully saturated rings. The van der Waals surface area contributed by atoms with Gasteiger partial charge in [0.05, 0.1) is 12.1 Å². The standard InChI is InChI=1S/C23H28F4N4O6S/c1-23(2,3)37-22(34)29-8-9-31(14(11-29)21(32)33)38(35,36)30-6-4-12(5-7-30)13-10-28-20-15(13)16(24)17(25)18(26)19(20)27/h10,12,14,28H,4-9,11H2,1-3H3,(H,32,33)/t14-/m1/s1. The Morgan fingerprint density at radius 1 is 1.00 bits per heavy atom. The van der Waals surface area contributed by atoms with Crippen LogP contribution in [0.4, 0.5) is 22.4 Å². The number of fused-ring (bicyclic) bond motifs is 1. The minimum Gasteiger partial charge on any atom is -0.480 e. The number of carbonyl (C=O) groups is 2. The summed E-state index contributed by atoms with van der Waals surface area (Å²) in [4.78, 5) is 27.9. The van der Waals surface area contributed by atoms with Crippen molar-refractivity contribution in [3.63, 3.8) is 0 Å². The van der Waals surface area contributed by atoms with E-state index in [0.29, 0.717) is 0 Å². The van der Waals surface area contributed by atoms with E-state index in [2.05, 4.69) is 4.98 Å². The molecule has 15 heteroatoms. The maximum Gasteiger partial charge on any atom is 0.410 e. The third-order valence-electron chi connectivity index (χ3n) is 6.71. The molecule has 0 unspecified atom stereocenters. The molecule has 3 heterocycles. The normalized spacial score (nSPS) is 20.7. The lowest BCUT2D eigenvalue weighted by molar-refractivity contribution is -0.143. The number of halogens is 4. The summed E-state index contributed by atoms with van der Waals surface area (Å²) < 4.78 is 90.0. The molecule has 2 saturated heterocycles. The molecule has 2 aromatic rings. The van der Waals surface area contributed by atoms with Gasteiger partial charge in [0.1, 0.15) is 11.6 Å². The molecule has 1 aromatic carbocycles. The Morgan fingerprint density at radius 3 is 2.18 bits per heavy atom. The number of hydrogen-bond acceptors (Lipinski definition) is 5. The maximum absolute atomic E-state index is 14.5. The summed E-state index contributed by atoms with van der Waals surface area (Å²) in [7, 11) is -4.27. The molecule has 2 N–H and O–H groups in total. The molecule has 0 bridgehead atoms. The average Bonchev–Trinajstić information content (AvgIpc) is 3.30. The minimum atomic E-state index is -4.27. The van der Waals surface area contributed by atoms with E-state index >= 15 is 0 Å². The van der Waals surface area contributed by atoms with Crippen LogP contribution in [0.5, 0.6) is 0 Å². The number of carbonyl (C=O) groups excluding carboxylic acids is 1. The van der Waals surface area contributed by atoms with Crippen molar-refractivity contribution in [3.8, 4) is 0 Å². The van der Waals surface area contributed by atoms with Crippen LogP contribution in [0.1, 0.15) is 45.1 Å². The zero-order chi connectivity index (χ0) is 28.2. The smallest absolute Gasteiger partial charge is 0.410 e. The van der Waals surface area contributed by atoms with Gasteiger partial charge >= 0.3 is 12.1 Å². The SMILES string of the molecule is CC(C)(C)OC(=O)N1CCN(S(=O)(=O)N2CCC(c3c[nH]c4c(F)c(F)c(F)c(F)c34)CC2)[C@@H](C(=O)O)C1. The highest BCUT2D eigenvalue weighted by Gasteiger charge is 2.45. The average molecular weight is 565 g/mol. The summed E-state index contributed by atoms with van der Waals surface area (Å²) in [6, 6.07) is -1.54. The highest BCUT2D eigenvalue weighted by atomic mass is 32.2. The number of aromatic amines is 1. The van der Waals surface area contributed by atoms with E-state index in [0.717, 1.165) is 13.5 Å². The Hall–Kier alpha value is -2.91. The van der Waals surface area contributed by atoms with Gasteiger partial charge < -0.3 is 19.7 Å². The van der Waals surface area contributed by atoms with Crippen molar-refractivity contribution in [2.24, 2.45) is 0 Å². The number of piperidine rings is 1. The fraction of sp³-hybridized carbons (Fsp3) is 0.565. The number of benzene rings is 1. The first-order valence-electron chi connectivity index (χ1n) is 11.9. The largest absolute Gasteiger partial charge is 0.480 e. The van der Waals surface area contributed by atoms with Gasteiger partial charge in [-0.15, -0.1) is 0 Å². The van der Waals surface area contributed by atoms with Crippen molar-refractivity contribution in [1.29, 1.82) is 0 Å². The lowest BCUT2D eigenvalue weighted by atomic mass is 9.90. The lowest BCUT2D eigenvalue weighted by Gasteiger charge is -2.41. The van der Waals surface area contributed by atoms with Crippen molar-refractivity contribution in [3.05, 3.63) is 35.0 Å². The van der Waals surface area contributed by atoms with E-state index in [-0.39, 0.29) is 44.6 Å². The predicted octanol–water partition coefficient (Wildman–Crippen LogP) is 3.15. The van der Waals surface area contributed by atoms with Crippen LogP contribution in [0.25, 0.3) is 10.9 Å². The Morgan fingerprint density at radius 2 is 1.61 bits per heavy atom. The summed E-state index contributed by atoms with van der Waals surface area (Å²) in [5.41, 5.74) is -1.14. The number of H-pyrrole nitrogens is 1. The number of amides is 1. The van der Waals surface area contributed by atoms with Crippen LogP contribution < -0.4 is 0 Å². The van der Waals surface area contributed by atoms with Gasteiger partial charge in [0.25, 0.3) is 10.2 Å². The molecular weight excluding hydrogens is 536 g/mol. The summed E-state index contributed by atoms with van der Waals surface area (Å²) >= 11 is 0. The number of aromatic nitrogens is 1. The van der Waals surface area contributed by atoms with Crippen molar-refractivity contribution >= 4 is 33.2 Å². The van der Waals surface area contributed by atoms with Gasteiger partial charge in [-0.3, -0.25) is 4.79 Å². The summed E-state index contributed by atoms with van der Waals surface area (Å²) in [6.07, 6.45) is 0.783. The topological polar surface area (TPSA) is 123 Å². The number of hydrogen-bond donors (Lipinski definition) is 2. The predicted molar refractivity (Wildman–Crippen MR) is 127 cm³/mol. The highest BCUT2D eigenvalue weighted by Crippen LogP contribution is 2.38. The first kappa shape index (κ1) is 28.1. The highest BCUT2D eigenvalue weighted by molar-refractivity contribution is 7.86. The number of piperazine rings is 1. The molecule has 0 spiro atoms. The molecule has 4 rings (SSSR count). The number of carboxylic acid groups (broad SMARTS) is 1.